The van der Waals surface area contributed by atoms with Gasteiger partial charge < -0.3 is 0 Å². The van der Waals surface area contributed by atoms with E-state index in [4.69, 9.17) is 0 Å². The van der Waals surface area contributed by atoms with Crippen molar-refractivity contribution in [2.24, 2.45) is 0 Å². The topological polar surface area (TPSA) is 0 Å². The van der Waals surface area contributed by atoms with Gasteiger partial charge in [0.25, 0.3) is 0 Å². The Morgan fingerprint density at radius 1 is 0.923 bits per heavy atom. The molecule has 0 saturated carbocycles. The van der Waals surface area contributed by atoms with E-state index >= 15 is 0 Å². The van der Waals surface area contributed by atoms with Crippen LogP contribution in [0.3, 0.4) is 0 Å². The van der Waals surface area contributed by atoms with E-state index in [0.29, 0.717) is 0 Å². The fourth-order valence-electron chi connectivity index (χ4n) is 1.05. The molecule has 0 aromatic rings. The average molecular weight is 176 g/mol. The first-order chi connectivity index (χ1) is 6.13. The summed E-state index contributed by atoms with van der Waals surface area (Å²) in [4.78, 5) is 0. The highest BCUT2D eigenvalue weighted by Gasteiger charge is 1.94. The Labute approximate surface area is 82.4 Å². The predicted molar refractivity (Wildman–Crippen MR) is 61.8 cm³/mol. The normalized spacial score (nSPS) is 15.6. The fourth-order valence-corrected chi connectivity index (χ4v) is 1.05. The van der Waals surface area contributed by atoms with Crippen molar-refractivity contribution in [2.75, 3.05) is 0 Å². The van der Waals surface area contributed by atoms with Gasteiger partial charge >= 0.3 is 0 Å². The summed E-state index contributed by atoms with van der Waals surface area (Å²) in [6.07, 6.45) is 10.5. The molecule has 0 atom stereocenters. The van der Waals surface area contributed by atoms with Crippen molar-refractivity contribution in [1.82, 2.24) is 0 Å². The molecule has 0 aliphatic carbocycles. The molecule has 0 aliphatic heterocycles. The fraction of sp³-hybridized carbons (Fsp3) is 0.385. The van der Waals surface area contributed by atoms with Gasteiger partial charge in [0.05, 0.1) is 0 Å². The molecule has 0 radical (unpaired) electrons. The Morgan fingerprint density at radius 3 is 2.00 bits per heavy atom. The lowest BCUT2D eigenvalue weighted by Crippen LogP contribution is -1.83. The zero-order valence-corrected chi connectivity index (χ0v) is 9.39. The second-order valence-corrected chi connectivity index (χ2v) is 3.18. The largest absolute Gasteiger partial charge is 0.0877 e. The first-order valence-corrected chi connectivity index (χ1v) is 4.73. The molecule has 0 aromatic carbocycles. The molecule has 0 spiro atoms. The molecule has 13 heavy (non-hydrogen) atoms. The van der Waals surface area contributed by atoms with E-state index in [2.05, 4.69) is 45.1 Å². The van der Waals surface area contributed by atoms with Gasteiger partial charge in [-0.25, -0.2) is 0 Å². The van der Waals surface area contributed by atoms with Gasteiger partial charge in [-0.15, -0.1) is 0 Å². The monoisotopic (exact) mass is 176 g/mol. The molecule has 0 N–H and O–H groups in total. The van der Waals surface area contributed by atoms with Crippen LogP contribution in [0.15, 0.2) is 47.1 Å². The third-order valence-corrected chi connectivity index (χ3v) is 2.14. The maximum atomic E-state index is 2.16. The summed E-state index contributed by atoms with van der Waals surface area (Å²) in [5.41, 5.74) is 4.02. The van der Waals surface area contributed by atoms with Crippen LogP contribution in [0.2, 0.25) is 0 Å². The molecule has 72 valence electrons. The first-order valence-electron chi connectivity index (χ1n) is 4.73. The van der Waals surface area contributed by atoms with Crippen LogP contribution in [-0.2, 0) is 0 Å². The molecule has 0 heteroatoms. The van der Waals surface area contributed by atoms with Gasteiger partial charge in [-0.1, -0.05) is 30.4 Å². The highest BCUT2D eigenvalue weighted by atomic mass is 14.0. The second-order valence-electron chi connectivity index (χ2n) is 3.18. The quantitative estimate of drug-likeness (QED) is 0.558. The zero-order valence-electron chi connectivity index (χ0n) is 9.39. The summed E-state index contributed by atoms with van der Waals surface area (Å²) in [6, 6.07) is 0. The summed E-state index contributed by atoms with van der Waals surface area (Å²) in [5, 5.41) is 0. The Kier molecular flexibility index (Phi) is 5.96. The Balaban J connectivity index is 4.76. The summed E-state index contributed by atoms with van der Waals surface area (Å²) in [6.45, 7) is 10.5. The van der Waals surface area contributed by atoms with Gasteiger partial charge in [0.2, 0.25) is 0 Å². The van der Waals surface area contributed by atoms with E-state index in [1.54, 1.807) is 0 Å². The van der Waals surface area contributed by atoms with Gasteiger partial charge in [-0.3, -0.25) is 0 Å². The van der Waals surface area contributed by atoms with Crippen LogP contribution in [0.5, 0.6) is 0 Å². The average Bonchev–Trinajstić information content (AvgIpc) is 2.13. The van der Waals surface area contributed by atoms with E-state index in [1.807, 2.05) is 19.9 Å². The van der Waals surface area contributed by atoms with Crippen LogP contribution in [0.4, 0.5) is 0 Å². The standard InChI is InChI=1S/C13H20/c1-6-8-10-12(4)13(5)11(3)9-7-2/h6-10H,1-5H3/b8-6-,9-7-,12-10+,13-11+. The zero-order chi connectivity index (χ0) is 10.3. The lowest BCUT2D eigenvalue weighted by atomic mass is 10.0. The molecule has 0 saturated heterocycles. The molecule has 0 amide bonds. The van der Waals surface area contributed by atoms with Crippen LogP contribution in [-0.4, -0.2) is 0 Å². The molecule has 0 fully saturated rings. The molecule has 0 aliphatic rings. The molecule has 0 nitrogen and oxygen atoms in total. The minimum atomic E-state index is 1.33. The van der Waals surface area contributed by atoms with Crippen LogP contribution >= 0.6 is 0 Å². The lowest BCUT2D eigenvalue weighted by Gasteiger charge is -2.03. The Bertz CT molecular complexity index is 260. The minimum Gasteiger partial charge on any atom is -0.0877 e. The SMILES string of the molecule is C\C=C/C=C(C)/C(C)=C(C)/C=C\C. The summed E-state index contributed by atoms with van der Waals surface area (Å²) < 4.78 is 0. The van der Waals surface area contributed by atoms with E-state index in [0.717, 1.165) is 0 Å². The molecule has 0 heterocycles. The van der Waals surface area contributed by atoms with E-state index in [1.165, 1.54) is 16.7 Å². The van der Waals surface area contributed by atoms with Crippen LogP contribution in [0, 0.1) is 0 Å². The smallest absolute Gasteiger partial charge is 0.0392 e. The van der Waals surface area contributed by atoms with Crippen LogP contribution in [0.1, 0.15) is 34.6 Å². The summed E-state index contributed by atoms with van der Waals surface area (Å²) >= 11 is 0. The van der Waals surface area contributed by atoms with E-state index in [-0.39, 0.29) is 0 Å². The van der Waals surface area contributed by atoms with E-state index in [9.17, 15) is 0 Å². The third kappa shape index (κ3) is 4.51. The molecular formula is C13H20. The van der Waals surface area contributed by atoms with Gasteiger partial charge in [-0.2, -0.15) is 0 Å². The first kappa shape index (κ1) is 12.0. The van der Waals surface area contributed by atoms with Crippen LogP contribution in [0.25, 0.3) is 0 Å². The van der Waals surface area contributed by atoms with Crippen molar-refractivity contribution >= 4 is 0 Å². The van der Waals surface area contributed by atoms with Crippen LogP contribution < -0.4 is 0 Å². The number of hydrogen-bond donors (Lipinski definition) is 0. The Hall–Kier alpha value is -1.04. The van der Waals surface area contributed by atoms with Gasteiger partial charge in [0.15, 0.2) is 0 Å². The molecule has 0 aromatic heterocycles. The lowest BCUT2D eigenvalue weighted by molar-refractivity contribution is 1.27. The second kappa shape index (κ2) is 6.47. The highest BCUT2D eigenvalue weighted by Crippen LogP contribution is 2.14. The maximum absolute atomic E-state index is 2.16. The van der Waals surface area contributed by atoms with E-state index < -0.39 is 0 Å². The summed E-state index contributed by atoms with van der Waals surface area (Å²) in [5.74, 6) is 0. The summed E-state index contributed by atoms with van der Waals surface area (Å²) in [7, 11) is 0. The third-order valence-electron chi connectivity index (χ3n) is 2.14. The number of hydrogen-bond acceptors (Lipinski definition) is 0. The molecular weight excluding hydrogens is 156 g/mol. The van der Waals surface area contributed by atoms with Gasteiger partial charge in [0.1, 0.15) is 0 Å². The van der Waals surface area contributed by atoms with Crippen molar-refractivity contribution < 1.29 is 0 Å². The van der Waals surface area contributed by atoms with Crippen molar-refractivity contribution in [3.63, 3.8) is 0 Å². The molecule has 0 unspecified atom stereocenters. The maximum Gasteiger partial charge on any atom is -0.0392 e. The van der Waals surface area contributed by atoms with Crippen molar-refractivity contribution in [3.05, 3.63) is 47.1 Å². The van der Waals surface area contributed by atoms with Crippen molar-refractivity contribution in [1.29, 1.82) is 0 Å². The molecule has 0 bridgehead atoms. The highest BCUT2D eigenvalue weighted by molar-refractivity contribution is 5.37. The van der Waals surface area contributed by atoms with Gasteiger partial charge in [-0.05, 0) is 51.3 Å². The van der Waals surface area contributed by atoms with Crippen molar-refractivity contribution in [2.45, 2.75) is 34.6 Å². The predicted octanol–water partition coefficient (Wildman–Crippen LogP) is 4.42. The molecule has 0 rings (SSSR count). The Morgan fingerprint density at radius 2 is 1.54 bits per heavy atom. The number of rotatable bonds is 3. The van der Waals surface area contributed by atoms with Crippen molar-refractivity contribution in [3.8, 4) is 0 Å². The van der Waals surface area contributed by atoms with Gasteiger partial charge in [0, 0.05) is 0 Å². The minimum absolute atomic E-state index is 1.33. The number of allylic oxidation sites excluding steroid dienone is 8.